The van der Waals surface area contributed by atoms with Gasteiger partial charge in [0.15, 0.2) is 5.96 Å². The van der Waals surface area contributed by atoms with Crippen LogP contribution in [0.3, 0.4) is 0 Å². The molecule has 1 saturated carbocycles. The molecule has 0 spiro atoms. The molecule has 0 heterocycles. The number of aliphatic imine (C=N–C) groups is 1. The molecule has 0 bridgehead atoms. The van der Waals surface area contributed by atoms with Gasteiger partial charge >= 0.3 is 0 Å². The van der Waals surface area contributed by atoms with E-state index in [1.807, 2.05) is 6.92 Å². The van der Waals surface area contributed by atoms with Crippen molar-refractivity contribution < 1.29 is 8.78 Å². The smallest absolute Gasteiger partial charge is 0.191 e. The molecule has 2 rings (SSSR count). The Morgan fingerprint density at radius 1 is 1.30 bits per heavy atom. The van der Waals surface area contributed by atoms with Crippen LogP contribution in [0.25, 0.3) is 0 Å². The van der Waals surface area contributed by atoms with Crippen LogP contribution in [-0.4, -0.2) is 18.5 Å². The lowest BCUT2D eigenvalue weighted by molar-refractivity contribution is 0.583. The van der Waals surface area contributed by atoms with Gasteiger partial charge in [-0.25, -0.2) is 13.8 Å². The van der Waals surface area contributed by atoms with E-state index in [2.05, 4.69) is 15.6 Å². The maximum atomic E-state index is 13.5. The molecule has 1 fully saturated rings. The second-order valence-corrected chi connectivity index (χ2v) is 5.06. The number of halogens is 2. The fourth-order valence-electron chi connectivity index (χ4n) is 2.41. The Labute approximate surface area is 118 Å². The van der Waals surface area contributed by atoms with Crippen LogP contribution in [0, 0.1) is 11.6 Å². The minimum absolute atomic E-state index is 0.131. The van der Waals surface area contributed by atoms with Crippen LogP contribution in [0.1, 0.15) is 38.2 Å². The number of nitrogens with zero attached hydrogens (tertiary/aromatic N) is 1. The van der Waals surface area contributed by atoms with Crippen LogP contribution >= 0.6 is 0 Å². The van der Waals surface area contributed by atoms with Gasteiger partial charge in [0.05, 0.1) is 6.54 Å². The minimum Gasteiger partial charge on any atom is -0.357 e. The molecular formula is C15H21F2N3. The van der Waals surface area contributed by atoms with Crippen LogP contribution in [0.5, 0.6) is 0 Å². The molecule has 1 aliphatic carbocycles. The van der Waals surface area contributed by atoms with Crippen molar-refractivity contribution in [2.24, 2.45) is 4.99 Å². The number of nitrogens with one attached hydrogen (secondary N) is 2. The topological polar surface area (TPSA) is 36.4 Å². The predicted octanol–water partition coefficient (Wildman–Crippen LogP) is 2.96. The largest absolute Gasteiger partial charge is 0.357 e. The zero-order valence-electron chi connectivity index (χ0n) is 11.8. The lowest BCUT2D eigenvalue weighted by Crippen LogP contribution is -2.42. The molecule has 0 aromatic heterocycles. The number of benzene rings is 1. The molecule has 110 valence electrons. The van der Waals surface area contributed by atoms with Gasteiger partial charge in [0.1, 0.15) is 11.6 Å². The summed E-state index contributed by atoms with van der Waals surface area (Å²) in [5, 5.41) is 6.48. The highest BCUT2D eigenvalue weighted by atomic mass is 19.1. The van der Waals surface area contributed by atoms with E-state index in [1.165, 1.54) is 18.9 Å². The monoisotopic (exact) mass is 281 g/mol. The first-order chi connectivity index (χ1) is 9.69. The molecule has 20 heavy (non-hydrogen) atoms. The summed E-state index contributed by atoms with van der Waals surface area (Å²) in [7, 11) is 0. The highest BCUT2D eigenvalue weighted by molar-refractivity contribution is 5.80. The molecule has 0 atom stereocenters. The summed E-state index contributed by atoms with van der Waals surface area (Å²) in [6, 6.07) is 3.88. The van der Waals surface area contributed by atoms with Crippen molar-refractivity contribution in [2.75, 3.05) is 6.54 Å². The molecule has 0 amide bonds. The molecule has 3 nitrogen and oxygen atoms in total. The summed E-state index contributed by atoms with van der Waals surface area (Å²) in [5.41, 5.74) is 0.272. The van der Waals surface area contributed by atoms with Crippen molar-refractivity contribution in [1.29, 1.82) is 0 Å². The van der Waals surface area contributed by atoms with Crippen molar-refractivity contribution in [3.05, 3.63) is 35.4 Å². The van der Waals surface area contributed by atoms with E-state index in [9.17, 15) is 8.78 Å². The van der Waals surface area contributed by atoms with Gasteiger partial charge in [0.2, 0.25) is 0 Å². The maximum Gasteiger partial charge on any atom is 0.191 e. The fraction of sp³-hybridized carbons (Fsp3) is 0.533. The Bertz CT molecular complexity index is 468. The zero-order valence-corrected chi connectivity index (χ0v) is 11.8. The number of guanidine groups is 1. The highest BCUT2D eigenvalue weighted by Crippen LogP contribution is 2.17. The van der Waals surface area contributed by atoms with Gasteiger partial charge in [-0.1, -0.05) is 12.8 Å². The van der Waals surface area contributed by atoms with Gasteiger partial charge in [-0.2, -0.15) is 0 Å². The van der Waals surface area contributed by atoms with Gasteiger partial charge < -0.3 is 10.6 Å². The number of hydrogen-bond acceptors (Lipinski definition) is 1. The van der Waals surface area contributed by atoms with E-state index in [0.717, 1.165) is 31.5 Å². The second-order valence-electron chi connectivity index (χ2n) is 5.06. The highest BCUT2D eigenvalue weighted by Gasteiger charge is 2.15. The summed E-state index contributed by atoms with van der Waals surface area (Å²) < 4.78 is 26.6. The molecule has 0 aliphatic heterocycles. The van der Waals surface area contributed by atoms with Crippen LogP contribution in [-0.2, 0) is 6.54 Å². The summed E-state index contributed by atoms with van der Waals surface area (Å²) in [4.78, 5) is 4.34. The molecule has 2 N–H and O–H groups in total. The van der Waals surface area contributed by atoms with E-state index < -0.39 is 11.6 Å². The Kier molecular flexibility index (Phi) is 5.32. The van der Waals surface area contributed by atoms with Gasteiger partial charge in [0, 0.05) is 18.2 Å². The maximum absolute atomic E-state index is 13.5. The SMILES string of the molecule is CCNC(=NCc1cc(F)ccc1F)NC1CCCC1. The quantitative estimate of drug-likeness (QED) is 0.657. The molecule has 0 saturated heterocycles. The molecular weight excluding hydrogens is 260 g/mol. The standard InChI is InChI=1S/C15H21F2N3/c1-2-18-15(20-13-5-3-4-6-13)19-10-11-9-12(16)7-8-14(11)17/h7-9,13H,2-6,10H2,1H3,(H2,18,19,20). The number of hydrogen-bond donors (Lipinski definition) is 2. The second kappa shape index (κ2) is 7.22. The molecule has 1 aromatic rings. The van der Waals surface area contributed by atoms with Gasteiger partial charge in [-0.15, -0.1) is 0 Å². The average Bonchev–Trinajstić information content (AvgIpc) is 2.93. The van der Waals surface area contributed by atoms with E-state index in [-0.39, 0.29) is 12.1 Å². The normalized spacial score (nSPS) is 16.4. The summed E-state index contributed by atoms with van der Waals surface area (Å²) in [6.45, 7) is 2.85. The van der Waals surface area contributed by atoms with Gasteiger partial charge in [-0.3, -0.25) is 0 Å². The Hall–Kier alpha value is -1.65. The Morgan fingerprint density at radius 2 is 2.05 bits per heavy atom. The summed E-state index contributed by atoms with van der Waals surface area (Å²) in [6.07, 6.45) is 4.74. The van der Waals surface area contributed by atoms with Crippen molar-refractivity contribution in [1.82, 2.24) is 10.6 Å². The van der Waals surface area contributed by atoms with Gasteiger partial charge in [0.25, 0.3) is 0 Å². The Balaban J connectivity index is 2.02. The molecule has 1 aromatic carbocycles. The van der Waals surface area contributed by atoms with E-state index in [4.69, 9.17) is 0 Å². The summed E-state index contributed by atoms with van der Waals surface area (Å²) in [5.74, 6) is -0.194. The van der Waals surface area contributed by atoms with Crippen LogP contribution in [0.4, 0.5) is 8.78 Å². The minimum atomic E-state index is -0.439. The fourth-order valence-corrected chi connectivity index (χ4v) is 2.41. The third-order valence-corrected chi connectivity index (χ3v) is 3.46. The van der Waals surface area contributed by atoms with Crippen molar-refractivity contribution in [2.45, 2.75) is 45.2 Å². The first kappa shape index (κ1) is 14.8. The molecule has 0 unspecified atom stereocenters. The third kappa shape index (κ3) is 4.18. The molecule has 0 radical (unpaired) electrons. The zero-order chi connectivity index (χ0) is 14.4. The third-order valence-electron chi connectivity index (χ3n) is 3.46. The molecule has 5 heteroatoms. The summed E-state index contributed by atoms with van der Waals surface area (Å²) >= 11 is 0. The van der Waals surface area contributed by atoms with E-state index in [1.54, 1.807) is 0 Å². The van der Waals surface area contributed by atoms with E-state index >= 15 is 0 Å². The molecule has 1 aliphatic rings. The first-order valence-corrected chi connectivity index (χ1v) is 7.18. The lowest BCUT2D eigenvalue weighted by atomic mass is 10.2. The lowest BCUT2D eigenvalue weighted by Gasteiger charge is -2.16. The Morgan fingerprint density at radius 3 is 2.75 bits per heavy atom. The van der Waals surface area contributed by atoms with Gasteiger partial charge in [-0.05, 0) is 38.0 Å². The van der Waals surface area contributed by atoms with Crippen LogP contribution in [0.2, 0.25) is 0 Å². The predicted molar refractivity (Wildman–Crippen MR) is 76.6 cm³/mol. The van der Waals surface area contributed by atoms with Crippen molar-refractivity contribution in [3.63, 3.8) is 0 Å². The van der Waals surface area contributed by atoms with E-state index in [0.29, 0.717) is 12.0 Å². The van der Waals surface area contributed by atoms with Crippen molar-refractivity contribution >= 4 is 5.96 Å². The van der Waals surface area contributed by atoms with Crippen LogP contribution in [0.15, 0.2) is 23.2 Å². The van der Waals surface area contributed by atoms with Crippen LogP contribution < -0.4 is 10.6 Å². The number of rotatable bonds is 4. The van der Waals surface area contributed by atoms with Crippen molar-refractivity contribution in [3.8, 4) is 0 Å². The first-order valence-electron chi connectivity index (χ1n) is 7.18. The average molecular weight is 281 g/mol.